The highest BCUT2D eigenvalue weighted by atomic mass is 35.5. The molecule has 0 aliphatic heterocycles. The van der Waals surface area contributed by atoms with E-state index in [2.05, 4.69) is 20.9 Å². The van der Waals surface area contributed by atoms with Crippen molar-refractivity contribution in [3.05, 3.63) is 75.9 Å². The zero-order valence-corrected chi connectivity index (χ0v) is 14.9. The summed E-state index contributed by atoms with van der Waals surface area (Å²) in [5, 5.41) is 14.9. The van der Waals surface area contributed by atoms with Crippen LogP contribution in [0.2, 0.25) is 5.02 Å². The number of thiophene rings is 1. The van der Waals surface area contributed by atoms with Crippen molar-refractivity contribution in [2.75, 3.05) is 5.32 Å². The SMILES string of the molecule is O=C(Nc1nnc(-c2cccc(-c3ccsc3)c2)o1)c1ccccc1Cl. The number of aromatic nitrogens is 2. The Hall–Kier alpha value is -2.96. The van der Waals surface area contributed by atoms with Crippen LogP contribution in [0.5, 0.6) is 0 Å². The maximum atomic E-state index is 12.3. The van der Waals surface area contributed by atoms with Crippen molar-refractivity contribution in [3.63, 3.8) is 0 Å². The number of hydrogen-bond acceptors (Lipinski definition) is 5. The predicted molar refractivity (Wildman–Crippen MR) is 102 cm³/mol. The molecule has 5 nitrogen and oxygen atoms in total. The maximum Gasteiger partial charge on any atom is 0.322 e. The highest BCUT2D eigenvalue weighted by molar-refractivity contribution is 7.08. The summed E-state index contributed by atoms with van der Waals surface area (Å²) in [6.45, 7) is 0. The van der Waals surface area contributed by atoms with Gasteiger partial charge in [0.1, 0.15) is 0 Å². The fourth-order valence-corrected chi connectivity index (χ4v) is 3.35. The topological polar surface area (TPSA) is 68.0 Å². The first-order chi connectivity index (χ1) is 12.7. The van der Waals surface area contributed by atoms with Crippen LogP contribution in [0.1, 0.15) is 10.4 Å². The number of halogens is 1. The fraction of sp³-hybridized carbons (Fsp3) is 0. The number of amides is 1. The first-order valence-electron chi connectivity index (χ1n) is 7.73. The number of carbonyl (C=O) groups excluding carboxylic acids is 1. The Morgan fingerprint density at radius 3 is 2.65 bits per heavy atom. The molecule has 2 aromatic heterocycles. The summed E-state index contributed by atoms with van der Waals surface area (Å²) in [5.41, 5.74) is 3.31. The lowest BCUT2D eigenvalue weighted by atomic mass is 10.1. The molecule has 2 heterocycles. The Morgan fingerprint density at radius 1 is 1.00 bits per heavy atom. The molecule has 1 amide bonds. The first-order valence-corrected chi connectivity index (χ1v) is 9.05. The van der Waals surface area contributed by atoms with Crippen LogP contribution in [0.15, 0.2) is 69.8 Å². The summed E-state index contributed by atoms with van der Waals surface area (Å²) in [7, 11) is 0. The van der Waals surface area contributed by atoms with E-state index in [-0.39, 0.29) is 6.01 Å². The summed E-state index contributed by atoms with van der Waals surface area (Å²) < 4.78 is 5.58. The Morgan fingerprint density at radius 2 is 1.85 bits per heavy atom. The van der Waals surface area contributed by atoms with E-state index in [1.54, 1.807) is 35.6 Å². The van der Waals surface area contributed by atoms with E-state index in [0.29, 0.717) is 16.5 Å². The molecule has 0 saturated heterocycles. The third-order valence-corrected chi connectivity index (χ3v) is 4.74. The quantitative estimate of drug-likeness (QED) is 0.516. The molecular weight excluding hydrogens is 370 g/mol. The molecule has 0 radical (unpaired) electrons. The van der Waals surface area contributed by atoms with E-state index in [1.807, 2.05) is 35.7 Å². The number of carbonyl (C=O) groups is 1. The zero-order chi connectivity index (χ0) is 17.9. The van der Waals surface area contributed by atoms with Crippen LogP contribution in [0.25, 0.3) is 22.6 Å². The van der Waals surface area contributed by atoms with Gasteiger partial charge >= 0.3 is 6.01 Å². The van der Waals surface area contributed by atoms with Gasteiger partial charge < -0.3 is 4.42 Å². The van der Waals surface area contributed by atoms with Gasteiger partial charge in [-0.2, -0.15) is 11.3 Å². The van der Waals surface area contributed by atoms with E-state index in [1.165, 1.54) is 0 Å². The molecule has 128 valence electrons. The maximum absolute atomic E-state index is 12.3. The summed E-state index contributed by atoms with van der Waals surface area (Å²) in [6.07, 6.45) is 0. The standard InChI is InChI=1S/C19H12ClN3O2S/c20-16-7-2-1-6-15(16)17(24)21-19-23-22-18(25-19)13-5-3-4-12(10-13)14-8-9-26-11-14/h1-11H,(H,21,23,24). The molecule has 0 aliphatic rings. The normalized spacial score (nSPS) is 10.7. The molecule has 0 spiro atoms. The van der Waals surface area contributed by atoms with Gasteiger partial charge in [0.05, 0.1) is 10.6 Å². The lowest BCUT2D eigenvalue weighted by molar-refractivity contribution is 0.102. The highest BCUT2D eigenvalue weighted by Gasteiger charge is 2.15. The summed E-state index contributed by atoms with van der Waals surface area (Å²) >= 11 is 7.66. The first kappa shape index (κ1) is 16.5. The summed E-state index contributed by atoms with van der Waals surface area (Å²) in [4.78, 5) is 12.3. The minimum Gasteiger partial charge on any atom is -0.403 e. The number of nitrogens with one attached hydrogen (secondary N) is 1. The van der Waals surface area contributed by atoms with Crippen LogP contribution < -0.4 is 5.32 Å². The van der Waals surface area contributed by atoms with Crippen molar-refractivity contribution in [3.8, 4) is 22.6 Å². The van der Waals surface area contributed by atoms with Crippen LogP contribution >= 0.6 is 22.9 Å². The van der Waals surface area contributed by atoms with Crippen LogP contribution in [-0.4, -0.2) is 16.1 Å². The van der Waals surface area contributed by atoms with E-state index in [4.69, 9.17) is 16.0 Å². The minimum absolute atomic E-state index is 0.0193. The Labute approximate surface area is 158 Å². The molecule has 0 saturated carbocycles. The van der Waals surface area contributed by atoms with Gasteiger partial charge in [-0.25, -0.2) is 0 Å². The monoisotopic (exact) mass is 381 g/mol. The van der Waals surface area contributed by atoms with Gasteiger partial charge in [-0.3, -0.25) is 10.1 Å². The molecule has 7 heteroatoms. The molecule has 0 unspecified atom stereocenters. The molecule has 0 fully saturated rings. The van der Waals surface area contributed by atoms with Crippen molar-refractivity contribution in [2.45, 2.75) is 0 Å². The van der Waals surface area contributed by atoms with Gasteiger partial charge in [-0.05, 0) is 52.2 Å². The zero-order valence-electron chi connectivity index (χ0n) is 13.3. The third kappa shape index (κ3) is 3.37. The van der Waals surface area contributed by atoms with Crippen molar-refractivity contribution in [1.82, 2.24) is 10.2 Å². The second-order valence-electron chi connectivity index (χ2n) is 5.44. The molecule has 0 bridgehead atoms. The van der Waals surface area contributed by atoms with E-state index in [9.17, 15) is 4.79 Å². The second kappa shape index (κ2) is 7.11. The molecule has 0 aliphatic carbocycles. The van der Waals surface area contributed by atoms with Crippen LogP contribution in [0.3, 0.4) is 0 Å². The molecule has 0 atom stereocenters. The lowest BCUT2D eigenvalue weighted by Crippen LogP contribution is -2.12. The predicted octanol–water partition coefficient (Wildman–Crippen LogP) is 5.37. The van der Waals surface area contributed by atoms with E-state index in [0.717, 1.165) is 16.7 Å². The van der Waals surface area contributed by atoms with Crippen LogP contribution in [0, 0.1) is 0 Å². The number of rotatable bonds is 4. The minimum atomic E-state index is -0.405. The number of benzene rings is 2. The molecule has 4 aromatic rings. The average Bonchev–Trinajstić information content (AvgIpc) is 3.34. The van der Waals surface area contributed by atoms with Crippen molar-refractivity contribution >= 4 is 34.9 Å². The highest BCUT2D eigenvalue weighted by Crippen LogP contribution is 2.28. The fourth-order valence-electron chi connectivity index (χ4n) is 2.46. The van der Waals surface area contributed by atoms with Gasteiger partial charge in [-0.15, -0.1) is 5.10 Å². The van der Waals surface area contributed by atoms with E-state index >= 15 is 0 Å². The Kier molecular flexibility index (Phi) is 4.51. The number of nitrogens with zero attached hydrogens (tertiary/aromatic N) is 2. The lowest BCUT2D eigenvalue weighted by Gasteiger charge is -2.02. The largest absolute Gasteiger partial charge is 0.403 e. The van der Waals surface area contributed by atoms with Crippen molar-refractivity contribution in [2.24, 2.45) is 0 Å². The molecule has 1 N–H and O–H groups in total. The van der Waals surface area contributed by atoms with Crippen molar-refractivity contribution in [1.29, 1.82) is 0 Å². The van der Waals surface area contributed by atoms with Gasteiger partial charge in [0.15, 0.2) is 0 Å². The Balaban J connectivity index is 1.56. The Bertz CT molecular complexity index is 1060. The van der Waals surface area contributed by atoms with Gasteiger partial charge in [-0.1, -0.05) is 41.0 Å². The summed E-state index contributed by atoms with van der Waals surface area (Å²) in [5.74, 6) is -0.0747. The number of anilines is 1. The van der Waals surface area contributed by atoms with Gasteiger partial charge in [0.2, 0.25) is 5.89 Å². The van der Waals surface area contributed by atoms with Crippen molar-refractivity contribution < 1.29 is 9.21 Å². The summed E-state index contributed by atoms with van der Waals surface area (Å²) in [6, 6.07) is 16.6. The molecule has 26 heavy (non-hydrogen) atoms. The molecule has 4 rings (SSSR count). The van der Waals surface area contributed by atoms with Crippen LogP contribution in [-0.2, 0) is 0 Å². The average molecular weight is 382 g/mol. The second-order valence-corrected chi connectivity index (χ2v) is 6.63. The van der Waals surface area contributed by atoms with Gasteiger partial charge in [0, 0.05) is 5.56 Å². The van der Waals surface area contributed by atoms with E-state index < -0.39 is 5.91 Å². The molecular formula is C19H12ClN3O2S. The smallest absolute Gasteiger partial charge is 0.322 e. The number of hydrogen-bond donors (Lipinski definition) is 1. The van der Waals surface area contributed by atoms with Crippen LogP contribution in [0.4, 0.5) is 6.01 Å². The third-order valence-electron chi connectivity index (χ3n) is 3.73. The van der Waals surface area contributed by atoms with Gasteiger partial charge in [0.25, 0.3) is 5.91 Å². The molecule has 2 aromatic carbocycles.